The normalized spacial score (nSPS) is 27.0. The molecule has 2 fully saturated rings. The van der Waals surface area contributed by atoms with Gasteiger partial charge in [-0.2, -0.15) is 0 Å². The summed E-state index contributed by atoms with van der Waals surface area (Å²) in [7, 11) is 0. The Morgan fingerprint density at radius 2 is 2.12 bits per heavy atom. The van der Waals surface area contributed by atoms with Crippen molar-refractivity contribution in [1.29, 1.82) is 0 Å². The molecule has 1 aromatic rings. The topological polar surface area (TPSA) is 75.6 Å². The lowest BCUT2D eigenvalue weighted by Gasteiger charge is -2.59. The van der Waals surface area contributed by atoms with Crippen LogP contribution in [0.1, 0.15) is 48.0 Å². The molecule has 0 radical (unpaired) electrons. The summed E-state index contributed by atoms with van der Waals surface area (Å²) in [5, 5.41) is 12.4. The average molecular weight is 341 g/mol. The Hall–Kier alpha value is -2.14. The van der Waals surface area contributed by atoms with Crippen molar-refractivity contribution < 1.29 is 19.4 Å². The van der Waals surface area contributed by atoms with Crippen LogP contribution in [-0.2, 0) is 9.53 Å². The number of hydrogen-bond acceptors (Lipinski definition) is 3. The van der Waals surface area contributed by atoms with Crippen LogP contribution >= 0.6 is 0 Å². The molecule has 1 amide bonds. The molecule has 1 spiro atoms. The third kappa shape index (κ3) is 2.76. The fourth-order valence-corrected chi connectivity index (χ4v) is 4.51. The average Bonchev–Trinajstić information content (AvgIpc) is 2.57. The molecule has 25 heavy (non-hydrogen) atoms. The zero-order valence-electron chi connectivity index (χ0n) is 14.2. The Balaban J connectivity index is 1.47. The number of nitrogens with one attached hydrogen (secondary N) is 1. The second-order valence-corrected chi connectivity index (χ2v) is 7.37. The fraction of sp³-hybridized carbons (Fsp3) is 0.500. The second kappa shape index (κ2) is 6.30. The largest absolute Gasteiger partial charge is 0.481 e. The van der Waals surface area contributed by atoms with E-state index in [1.165, 1.54) is 5.57 Å². The zero-order chi connectivity index (χ0) is 17.4. The molecule has 2 saturated carbocycles. The number of hydrogen-bond donors (Lipinski definition) is 2. The summed E-state index contributed by atoms with van der Waals surface area (Å²) < 4.78 is 5.34. The molecule has 0 aromatic heterocycles. The number of carboxylic acids is 1. The van der Waals surface area contributed by atoms with Gasteiger partial charge >= 0.3 is 5.97 Å². The Bertz CT molecular complexity index is 735. The van der Waals surface area contributed by atoms with E-state index in [1.807, 2.05) is 24.3 Å². The van der Waals surface area contributed by atoms with Crippen molar-refractivity contribution >= 4 is 17.4 Å². The second-order valence-electron chi connectivity index (χ2n) is 7.37. The summed E-state index contributed by atoms with van der Waals surface area (Å²) in [4.78, 5) is 24.1. The van der Waals surface area contributed by atoms with Crippen LogP contribution in [0.25, 0.3) is 5.57 Å². The number of rotatable bonds is 4. The van der Waals surface area contributed by atoms with Crippen LogP contribution in [0.4, 0.5) is 0 Å². The number of ether oxygens (including phenoxy) is 1. The quantitative estimate of drug-likeness (QED) is 0.883. The molecular weight excluding hydrogens is 318 g/mol. The van der Waals surface area contributed by atoms with E-state index in [0.29, 0.717) is 25.2 Å². The van der Waals surface area contributed by atoms with Gasteiger partial charge in [-0.05, 0) is 49.0 Å². The minimum atomic E-state index is -0.723. The van der Waals surface area contributed by atoms with Gasteiger partial charge in [-0.15, -0.1) is 0 Å². The van der Waals surface area contributed by atoms with Crippen molar-refractivity contribution in [1.82, 2.24) is 5.32 Å². The van der Waals surface area contributed by atoms with E-state index >= 15 is 0 Å². The SMILES string of the molecule is O=C(N[C@H]1C[C@@H](C(=O)O)C12CCC2)c1cccc(C2=CCOCC2)c1. The highest BCUT2D eigenvalue weighted by molar-refractivity contribution is 5.95. The monoisotopic (exact) mass is 341 g/mol. The van der Waals surface area contributed by atoms with Crippen molar-refractivity contribution in [3.63, 3.8) is 0 Å². The van der Waals surface area contributed by atoms with Gasteiger partial charge in [0.1, 0.15) is 0 Å². The summed E-state index contributed by atoms with van der Waals surface area (Å²) in [5.41, 5.74) is 2.71. The summed E-state index contributed by atoms with van der Waals surface area (Å²) in [5.74, 6) is -1.13. The first-order valence-corrected chi connectivity index (χ1v) is 9.01. The Morgan fingerprint density at radius 1 is 1.28 bits per heavy atom. The summed E-state index contributed by atoms with van der Waals surface area (Å²) in [6.45, 7) is 1.33. The molecule has 0 unspecified atom stereocenters. The summed E-state index contributed by atoms with van der Waals surface area (Å²) >= 11 is 0. The molecule has 1 heterocycles. The van der Waals surface area contributed by atoms with Crippen LogP contribution in [0.5, 0.6) is 0 Å². The van der Waals surface area contributed by atoms with Gasteiger partial charge in [0.15, 0.2) is 0 Å². The highest BCUT2D eigenvalue weighted by atomic mass is 16.5. The molecule has 4 rings (SSSR count). The molecule has 132 valence electrons. The van der Waals surface area contributed by atoms with Crippen LogP contribution in [0.2, 0.25) is 0 Å². The molecule has 1 aromatic carbocycles. The van der Waals surface area contributed by atoms with Crippen LogP contribution in [0.3, 0.4) is 0 Å². The van der Waals surface area contributed by atoms with E-state index < -0.39 is 5.97 Å². The van der Waals surface area contributed by atoms with Crippen molar-refractivity contribution in [2.24, 2.45) is 11.3 Å². The van der Waals surface area contributed by atoms with Crippen molar-refractivity contribution in [3.8, 4) is 0 Å². The number of carbonyl (C=O) groups is 2. The zero-order valence-corrected chi connectivity index (χ0v) is 14.2. The lowest BCUT2D eigenvalue weighted by molar-refractivity contribution is -0.167. The van der Waals surface area contributed by atoms with E-state index in [2.05, 4.69) is 11.4 Å². The first-order chi connectivity index (χ1) is 12.1. The molecule has 2 atom stereocenters. The van der Waals surface area contributed by atoms with E-state index in [-0.39, 0.29) is 23.3 Å². The smallest absolute Gasteiger partial charge is 0.307 e. The Kier molecular flexibility index (Phi) is 4.12. The number of benzene rings is 1. The molecule has 3 aliphatic rings. The first-order valence-electron chi connectivity index (χ1n) is 9.01. The minimum absolute atomic E-state index is 0.0131. The van der Waals surface area contributed by atoms with Crippen molar-refractivity contribution in [2.45, 2.75) is 38.1 Å². The predicted molar refractivity (Wildman–Crippen MR) is 93.1 cm³/mol. The maximum atomic E-state index is 12.7. The van der Waals surface area contributed by atoms with Gasteiger partial charge < -0.3 is 15.2 Å². The molecule has 1 aliphatic heterocycles. The molecule has 2 aliphatic carbocycles. The highest BCUT2D eigenvalue weighted by Crippen LogP contribution is 2.59. The minimum Gasteiger partial charge on any atom is -0.481 e. The van der Waals surface area contributed by atoms with E-state index in [4.69, 9.17) is 4.74 Å². The van der Waals surface area contributed by atoms with Crippen molar-refractivity contribution in [3.05, 3.63) is 41.5 Å². The number of aliphatic carboxylic acids is 1. The molecule has 0 bridgehead atoms. The standard InChI is InChI=1S/C20H23NO4/c22-18(21-17-12-16(19(23)24)20(17)7-2-8-20)15-4-1-3-14(11-15)13-5-9-25-10-6-13/h1,3-5,11,16-17H,2,6-10,12H2,(H,21,22)(H,23,24)/t16-,17-/m0/s1. The lowest BCUT2D eigenvalue weighted by Crippen LogP contribution is -2.66. The maximum Gasteiger partial charge on any atom is 0.307 e. The number of carbonyl (C=O) groups excluding carboxylic acids is 1. The molecule has 0 saturated heterocycles. The third-order valence-corrected chi connectivity index (χ3v) is 6.21. The van der Waals surface area contributed by atoms with Crippen LogP contribution in [0.15, 0.2) is 30.3 Å². The molecule has 2 N–H and O–H groups in total. The van der Waals surface area contributed by atoms with Gasteiger partial charge in [0, 0.05) is 17.0 Å². The fourth-order valence-electron chi connectivity index (χ4n) is 4.51. The van der Waals surface area contributed by atoms with E-state index in [1.54, 1.807) is 0 Å². The van der Waals surface area contributed by atoms with Crippen LogP contribution < -0.4 is 5.32 Å². The lowest BCUT2D eigenvalue weighted by atomic mass is 9.47. The molecule has 5 heteroatoms. The van der Waals surface area contributed by atoms with Gasteiger partial charge in [-0.3, -0.25) is 9.59 Å². The van der Waals surface area contributed by atoms with Crippen LogP contribution in [-0.4, -0.2) is 36.2 Å². The summed E-state index contributed by atoms with van der Waals surface area (Å²) in [6, 6.07) is 7.65. The predicted octanol–water partition coefficient (Wildman–Crippen LogP) is 2.86. The van der Waals surface area contributed by atoms with Crippen molar-refractivity contribution in [2.75, 3.05) is 13.2 Å². The van der Waals surface area contributed by atoms with E-state index in [0.717, 1.165) is 31.2 Å². The van der Waals surface area contributed by atoms with Gasteiger partial charge in [0.25, 0.3) is 5.91 Å². The summed E-state index contributed by atoms with van der Waals surface area (Å²) in [6.07, 6.45) is 6.33. The van der Waals surface area contributed by atoms with Gasteiger partial charge in [-0.1, -0.05) is 24.6 Å². The Morgan fingerprint density at radius 3 is 2.76 bits per heavy atom. The number of carboxylic acid groups (broad SMARTS) is 1. The molecule has 5 nitrogen and oxygen atoms in total. The van der Waals surface area contributed by atoms with Gasteiger partial charge in [-0.25, -0.2) is 0 Å². The van der Waals surface area contributed by atoms with Gasteiger partial charge in [0.05, 0.1) is 19.1 Å². The first kappa shape index (κ1) is 16.3. The van der Waals surface area contributed by atoms with Gasteiger partial charge in [0.2, 0.25) is 0 Å². The third-order valence-electron chi connectivity index (χ3n) is 6.21. The highest BCUT2D eigenvalue weighted by Gasteiger charge is 2.61. The maximum absolute atomic E-state index is 12.7. The van der Waals surface area contributed by atoms with E-state index in [9.17, 15) is 14.7 Å². The Labute approximate surface area is 147 Å². The number of amides is 1. The van der Waals surface area contributed by atoms with Crippen LogP contribution in [0, 0.1) is 11.3 Å². The molecular formula is C20H23NO4.